The molecule has 0 amide bonds. The van der Waals surface area contributed by atoms with Crippen molar-refractivity contribution < 1.29 is 22.6 Å². The van der Waals surface area contributed by atoms with Crippen molar-refractivity contribution >= 4 is 10.9 Å². The Morgan fingerprint density at radius 1 is 1.03 bits per heavy atom. The molecule has 4 rings (SSSR count). The molecule has 1 aliphatic rings. The van der Waals surface area contributed by atoms with Crippen LogP contribution in [0.1, 0.15) is 43.7 Å². The summed E-state index contributed by atoms with van der Waals surface area (Å²) in [6.45, 7) is 4.91. The van der Waals surface area contributed by atoms with Gasteiger partial charge < -0.3 is 19.4 Å². The summed E-state index contributed by atoms with van der Waals surface area (Å²) in [5.41, 5.74) is 5.72. The molecule has 0 spiro atoms. The fourth-order valence-electron chi connectivity index (χ4n) is 5.06. The van der Waals surface area contributed by atoms with Gasteiger partial charge in [-0.2, -0.15) is 13.2 Å². The van der Waals surface area contributed by atoms with Gasteiger partial charge in [-0.05, 0) is 79.7 Å². The fraction of sp³-hybridized carbons (Fsp3) is 0.481. The number of fused-ring (bicyclic) bond motifs is 1. The number of rotatable bonds is 7. The van der Waals surface area contributed by atoms with Crippen LogP contribution in [0.25, 0.3) is 22.2 Å². The standard InChI is InChI=1S/C27H33F3N2O2/c1-5-21-22-14-19(18-10-12-32(13-11-18)16-17(2)27(28,29)30)6-8-23(22)31-26(21)20-7-9-24(33-3)25(15-20)34-4/h6-9,14-15,17-18,31H,5,10-13,16H2,1-4H3. The van der Waals surface area contributed by atoms with Gasteiger partial charge in [-0.15, -0.1) is 0 Å². The molecule has 7 heteroatoms. The second kappa shape index (κ2) is 9.90. The minimum absolute atomic E-state index is 0.0851. The molecule has 2 heterocycles. The molecule has 2 aromatic carbocycles. The van der Waals surface area contributed by atoms with Crippen LogP contribution in [0.5, 0.6) is 11.5 Å². The molecule has 4 nitrogen and oxygen atoms in total. The summed E-state index contributed by atoms with van der Waals surface area (Å²) in [4.78, 5) is 5.54. The molecule has 184 valence electrons. The second-order valence-electron chi connectivity index (χ2n) is 9.22. The van der Waals surface area contributed by atoms with Crippen molar-refractivity contribution in [1.82, 2.24) is 9.88 Å². The highest BCUT2D eigenvalue weighted by Gasteiger charge is 2.37. The summed E-state index contributed by atoms with van der Waals surface area (Å²) < 4.78 is 49.6. The highest BCUT2D eigenvalue weighted by molar-refractivity contribution is 5.91. The van der Waals surface area contributed by atoms with Crippen molar-refractivity contribution in [2.24, 2.45) is 5.92 Å². The number of piperidine rings is 1. The van der Waals surface area contributed by atoms with Gasteiger partial charge in [-0.1, -0.05) is 19.9 Å². The summed E-state index contributed by atoms with van der Waals surface area (Å²) in [6.07, 6.45) is -1.49. The van der Waals surface area contributed by atoms with Gasteiger partial charge in [-0.3, -0.25) is 0 Å². The van der Waals surface area contributed by atoms with Crippen LogP contribution in [0.15, 0.2) is 36.4 Å². The first kappa shape index (κ1) is 24.5. The molecular weight excluding hydrogens is 441 g/mol. The lowest BCUT2D eigenvalue weighted by molar-refractivity contribution is -0.174. The van der Waals surface area contributed by atoms with Crippen molar-refractivity contribution in [3.63, 3.8) is 0 Å². The minimum atomic E-state index is -4.13. The van der Waals surface area contributed by atoms with Crippen molar-refractivity contribution in [2.75, 3.05) is 33.9 Å². The topological polar surface area (TPSA) is 37.5 Å². The van der Waals surface area contributed by atoms with Crippen LogP contribution in [0.2, 0.25) is 0 Å². The van der Waals surface area contributed by atoms with Crippen LogP contribution in [0.3, 0.4) is 0 Å². The van der Waals surface area contributed by atoms with E-state index in [0.29, 0.717) is 30.5 Å². The molecule has 0 saturated carbocycles. The minimum Gasteiger partial charge on any atom is -0.493 e. The Kier molecular flexibility index (Phi) is 7.12. The molecular formula is C27H33F3N2O2. The van der Waals surface area contributed by atoms with Gasteiger partial charge in [0.2, 0.25) is 0 Å². The van der Waals surface area contributed by atoms with Crippen molar-refractivity contribution in [2.45, 2.75) is 45.2 Å². The molecule has 34 heavy (non-hydrogen) atoms. The maximum absolute atomic E-state index is 12.9. The van der Waals surface area contributed by atoms with E-state index in [9.17, 15) is 13.2 Å². The number of aryl methyl sites for hydroxylation is 1. The number of H-pyrrole nitrogens is 1. The molecule has 0 radical (unpaired) electrons. The number of hydrogen-bond donors (Lipinski definition) is 1. The zero-order chi connectivity index (χ0) is 24.5. The summed E-state index contributed by atoms with van der Waals surface area (Å²) >= 11 is 0. The van der Waals surface area contributed by atoms with E-state index in [0.717, 1.165) is 36.0 Å². The van der Waals surface area contributed by atoms with E-state index >= 15 is 0 Å². The number of alkyl halides is 3. The number of hydrogen-bond acceptors (Lipinski definition) is 3. The molecule has 1 unspecified atom stereocenters. The van der Waals surface area contributed by atoms with Crippen molar-refractivity contribution in [3.05, 3.63) is 47.5 Å². The van der Waals surface area contributed by atoms with Gasteiger partial charge in [0.25, 0.3) is 0 Å². The quantitative estimate of drug-likeness (QED) is 0.410. The summed E-state index contributed by atoms with van der Waals surface area (Å²) in [6, 6.07) is 12.5. The van der Waals surface area contributed by atoms with Gasteiger partial charge in [0.15, 0.2) is 11.5 Å². The van der Waals surface area contributed by atoms with Crippen molar-refractivity contribution in [3.8, 4) is 22.8 Å². The monoisotopic (exact) mass is 474 g/mol. The molecule has 1 N–H and O–H groups in total. The Hall–Kier alpha value is -2.67. The lowest BCUT2D eigenvalue weighted by Crippen LogP contribution is -2.39. The highest BCUT2D eigenvalue weighted by atomic mass is 19.4. The fourth-order valence-corrected chi connectivity index (χ4v) is 5.06. The van der Waals surface area contributed by atoms with E-state index in [-0.39, 0.29) is 6.54 Å². The predicted octanol–water partition coefficient (Wildman–Crippen LogP) is 6.79. The maximum atomic E-state index is 12.9. The third-order valence-corrected chi connectivity index (χ3v) is 7.11. The van der Waals surface area contributed by atoms with E-state index in [1.165, 1.54) is 23.4 Å². The van der Waals surface area contributed by atoms with E-state index in [1.54, 1.807) is 14.2 Å². The summed E-state index contributed by atoms with van der Waals surface area (Å²) in [7, 11) is 3.26. The number of benzene rings is 2. The third kappa shape index (κ3) is 4.90. The van der Waals surface area contributed by atoms with Crippen LogP contribution in [-0.2, 0) is 6.42 Å². The van der Waals surface area contributed by atoms with Crippen LogP contribution in [0.4, 0.5) is 13.2 Å². The lowest BCUT2D eigenvalue weighted by Gasteiger charge is -2.34. The Morgan fingerprint density at radius 3 is 2.35 bits per heavy atom. The second-order valence-corrected chi connectivity index (χ2v) is 9.22. The Morgan fingerprint density at radius 2 is 1.74 bits per heavy atom. The lowest BCUT2D eigenvalue weighted by atomic mass is 9.88. The highest BCUT2D eigenvalue weighted by Crippen LogP contribution is 2.38. The summed E-state index contributed by atoms with van der Waals surface area (Å²) in [5.74, 6) is 0.458. The van der Waals surface area contributed by atoms with Gasteiger partial charge in [0.1, 0.15) is 0 Å². The molecule has 0 aliphatic carbocycles. The average molecular weight is 475 g/mol. The van der Waals surface area contributed by atoms with Crippen molar-refractivity contribution in [1.29, 1.82) is 0 Å². The van der Waals surface area contributed by atoms with E-state index in [4.69, 9.17) is 9.47 Å². The first-order valence-electron chi connectivity index (χ1n) is 11.9. The molecule has 3 aromatic rings. The van der Waals surface area contributed by atoms with Crippen LogP contribution in [-0.4, -0.2) is 49.9 Å². The molecule has 1 saturated heterocycles. The van der Waals surface area contributed by atoms with E-state index in [2.05, 4.69) is 30.1 Å². The van der Waals surface area contributed by atoms with Gasteiger partial charge in [0.05, 0.1) is 20.1 Å². The van der Waals surface area contributed by atoms with Crippen LogP contribution >= 0.6 is 0 Å². The Bertz CT molecular complexity index is 1130. The average Bonchev–Trinajstić information content (AvgIpc) is 3.21. The number of nitrogens with one attached hydrogen (secondary N) is 1. The molecule has 1 atom stereocenters. The smallest absolute Gasteiger partial charge is 0.392 e. The molecule has 1 fully saturated rings. The van der Waals surface area contributed by atoms with E-state index in [1.807, 2.05) is 23.1 Å². The Labute approximate surface area is 199 Å². The number of methoxy groups -OCH3 is 2. The first-order valence-corrected chi connectivity index (χ1v) is 11.9. The third-order valence-electron chi connectivity index (χ3n) is 7.11. The molecule has 0 bridgehead atoms. The van der Waals surface area contributed by atoms with Crippen LogP contribution < -0.4 is 9.47 Å². The predicted molar refractivity (Wildman–Crippen MR) is 130 cm³/mol. The number of aromatic nitrogens is 1. The normalized spacial score (nSPS) is 16.7. The largest absolute Gasteiger partial charge is 0.493 e. The molecule has 1 aromatic heterocycles. The Balaban J connectivity index is 1.56. The number of halogens is 3. The molecule has 1 aliphatic heterocycles. The SMILES string of the molecule is CCc1c(-c2ccc(OC)c(OC)c2)[nH]c2ccc(C3CCN(CC(C)C(F)(F)F)CC3)cc12. The zero-order valence-corrected chi connectivity index (χ0v) is 20.3. The first-order chi connectivity index (χ1) is 16.2. The van der Waals surface area contributed by atoms with Crippen LogP contribution in [0, 0.1) is 5.92 Å². The maximum Gasteiger partial charge on any atom is 0.392 e. The van der Waals surface area contributed by atoms with Gasteiger partial charge in [0, 0.05) is 28.7 Å². The number of ether oxygens (including phenoxy) is 2. The summed E-state index contributed by atoms with van der Waals surface area (Å²) in [5, 5.41) is 1.21. The number of likely N-dealkylation sites (tertiary alicyclic amines) is 1. The van der Waals surface area contributed by atoms with Gasteiger partial charge in [-0.25, -0.2) is 0 Å². The number of aromatic amines is 1. The van der Waals surface area contributed by atoms with E-state index < -0.39 is 12.1 Å². The zero-order valence-electron chi connectivity index (χ0n) is 20.3. The van der Waals surface area contributed by atoms with Gasteiger partial charge >= 0.3 is 6.18 Å². The number of nitrogens with zero attached hydrogens (tertiary/aromatic N) is 1.